The number of rotatable bonds is 1. The molecule has 1 aromatic rings. The first-order chi connectivity index (χ1) is 7.61. The number of benzene rings is 1. The molecule has 16 heavy (non-hydrogen) atoms. The van der Waals surface area contributed by atoms with Crippen molar-refractivity contribution in [1.82, 2.24) is 4.90 Å². The number of hydrogen-bond donors (Lipinski definition) is 0. The summed E-state index contributed by atoms with van der Waals surface area (Å²) in [7, 11) is 1.83. The Kier molecular flexibility index (Phi) is 3.26. The largest absolute Gasteiger partial charge is 0.318 e. The molecule has 0 N–H and O–H groups in total. The first-order valence-corrected chi connectivity index (χ1v) is 5.82. The molecule has 0 radical (unpaired) electrons. The van der Waals surface area contributed by atoms with Gasteiger partial charge in [-0.15, -0.1) is 0 Å². The van der Waals surface area contributed by atoms with Crippen molar-refractivity contribution >= 4 is 34.2 Å². The minimum absolute atomic E-state index is 0.300. The lowest BCUT2D eigenvalue weighted by molar-refractivity contribution is 0.431. The minimum atomic E-state index is -0.300. The van der Waals surface area contributed by atoms with Crippen LogP contribution in [0.1, 0.15) is 5.56 Å². The number of anilines is 1. The summed E-state index contributed by atoms with van der Waals surface area (Å²) in [6, 6.07) is 8.09. The van der Waals surface area contributed by atoms with Gasteiger partial charge in [0.2, 0.25) is 0 Å². The minimum Gasteiger partial charge on any atom is -0.318 e. The second kappa shape index (κ2) is 4.52. The molecule has 1 aromatic carbocycles. The van der Waals surface area contributed by atoms with Crippen LogP contribution in [0, 0.1) is 6.92 Å². The van der Waals surface area contributed by atoms with E-state index in [0.717, 1.165) is 5.69 Å². The molecule has 1 heterocycles. The molecule has 1 atom stereocenters. The van der Waals surface area contributed by atoms with Gasteiger partial charge in [-0.25, -0.2) is 4.99 Å². The van der Waals surface area contributed by atoms with Gasteiger partial charge in [0, 0.05) is 12.7 Å². The summed E-state index contributed by atoms with van der Waals surface area (Å²) in [5.74, 6) is 0. The van der Waals surface area contributed by atoms with Crippen LogP contribution in [0.15, 0.2) is 29.3 Å². The number of para-hydroxylation sites is 1. The van der Waals surface area contributed by atoms with Crippen LogP contribution in [0.5, 0.6) is 0 Å². The molecule has 0 spiro atoms. The average Bonchev–Trinajstić information content (AvgIpc) is 2.28. The molecule has 0 fully saturated rings. The maximum atomic E-state index is 6.32. The summed E-state index contributed by atoms with van der Waals surface area (Å²) in [5.41, 5.74) is 1.96. The molecule has 0 bridgehead atoms. The smallest absolute Gasteiger partial charge is 0.198 e. The van der Waals surface area contributed by atoms with Gasteiger partial charge < -0.3 is 9.80 Å². The van der Waals surface area contributed by atoms with E-state index in [-0.39, 0.29) is 5.62 Å². The fourth-order valence-corrected chi connectivity index (χ4v) is 2.14. The average molecular weight is 258 g/mol. The zero-order valence-corrected chi connectivity index (χ0v) is 10.7. The lowest BCUT2D eigenvalue weighted by atomic mass is 10.2. The Bertz CT molecular complexity index is 419. The Balaban J connectivity index is 2.33. The fourth-order valence-electron chi connectivity index (χ4n) is 1.69. The molecule has 0 saturated heterocycles. The number of amidine groups is 1. The number of halogens is 2. The van der Waals surface area contributed by atoms with Crippen molar-refractivity contribution in [3.05, 3.63) is 29.8 Å². The third kappa shape index (κ3) is 1.97. The zero-order valence-electron chi connectivity index (χ0n) is 9.19. The molecule has 1 aliphatic heterocycles. The van der Waals surface area contributed by atoms with E-state index in [9.17, 15) is 0 Å². The van der Waals surface area contributed by atoms with Crippen molar-refractivity contribution in [3.63, 3.8) is 0 Å². The van der Waals surface area contributed by atoms with Crippen LogP contribution in [-0.2, 0) is 0 Å². The summed E-state index contributed by atoms with van der Waals surface area (Å²) in [5, 5.41) is 0.449. The molecule has 1 aliphatic rings. The van der Waals surface area contributed by atoms with Gasteiger partial charge in [0.1, 0.15) is 6.67 Å². The van der Waals surface area contributed by atoms with Gasteiger partial charge in [0.05, 0.1) is 0 Å². The summed E-state index contributed by atoms with van der Waals surface area (Å²) >= 11 is 12.2. The van der Waals surface area contributed by atoms with Crippen LogP contribution >= 0.6 is 23.2 Å². The Labute approximate surface area is 105 Å². The van der Waals surface area contributed by atoms with Crippen LogP contribution in [0.2, 0.25) is 0 Å². The zero-order chi connectivity index (χ0) is 11.7. The van der Waals surface area contributed by atoms with Crippen molar-refractivity contribution in [2.24, 2.45) is 4.99 Å². The highest BCUT2D eigenvalue weighted by molar-refractivity contribution is 6.65. The van der Waals surface area contributed by atoms with Gasteiger partial charge >= 0.3 is 0 Å². The first kappa shape index (κ1) is 11.6. The van der Waals surface area contributed by atoms with Crippen LogP contribution < -0.4 is 4.90 Å². The van der Waals surface area contributed by atoms with Gasteiger partial charge in [-0.2, -0.15) is 0 Å². The number of aryl methyl sites for hydroxylation is 1. The van der Waals surface area contributed by atoms with Crippen molar-refractivity contribution in [1.29, 1.82) is 0 Å². The Morgan fingerprint density at radius 1 is 1.38 bits per heavy atom. The molecule has 0 aliphatic carbocycles. The van der Waals surface area contributed by atoms with E-state index >= 15 is 0 Å². The molecule has 86 valence electrons. The van der Waals surface area contributed by atoms with Crippen molar-refractivity contribution in [3.8, 4) is 0 Å². The predicted molar refractivity (Wildman–Crippen MR) is 69.2 cm³/mol. The fraction of sp³-hybridized carbons (Fsp3) is 0.364. The summed E-state index contributed by atoms with van der Waals surface area (Å²) in [4.78, 5) is 7.95. The maximum Gasteiger partial charge on any atom is 0.198 e. The molecule has 2 rings (SSSR count). The van der Waals surface area contributed by atoms with Crippen LogP contribution in [0.3, 0.4) is 0 Å². The lowest BCUT2D eigenvalue weighted by Gasteiger charge is -2.38. The highest BCUT2D eigenvalue weighted by atomic mass is 35.5. The number of aliphatic imine (C=N–C) groups is 1. The normalized spacial score (nSPS) is 21.0. The first-order valence-electron chi connectivity index (χ1n) is 5.00. The third-order valence-electron chi connectivity index (χ3n) is 2.65. The second-order valence-corrected chi connectivity index (χ2v) is 4.47. The summed E-state index contributed by atoms with van der Waals surface area (Å²) in [6.07, 6.45) is 0. The number of hydrogen-bond acceptors (Lipinski definition) is 3. The van der Waals surface area contributed by atoms with E-state index in [1.165, 1.54) is 5.56 Å². The van der Waals surface area contributed by atoms with E-state index in [1.54, 1.807) is 4.90 Å². The van der Waals surface area contributed by atoms with Crippen molar-refractivity contribution < 1.29 is 0 Å². The summed E-state index contributed by atoms with van der Waals surface area (Å²) in [6.45, 7) is 2.54. The molecule has 1 unspecified atom stereocenters. The van der Waals surface area contributed by atoms with Crippen LogP contribution in [-0.4, -0.2) is 29.5 Å². The Morgan fingerprint density at radius 2 is 2.06 bits per heavy atom. The van der Waals surface area contributed by atoms with Gasteiger partial charge in [0.15, 0.2) is 10.9 Å². The van der Waals surface area contributed by atoms with E-state index < -0.39 is 0 Å². The van der Waals surface area contributed by atoms with E-state index in [1.807, 2.05) is 30.1 Å². The second-order valence-electron chi connectivity index (χ2n) is 3.75. The van der Waals surface area contributed by atoms with Gasteiger partial charge in [-0.1, -0.05) is 29.8 Å². The van der Waals surface area contributed by atoms with Crippen LogP contribution in [0.4, 0.5) is 5.69 Å². The summed E-state index contributed by atoms with van der Waals surface area (Å²) < 4.78 is 0. The lowest BCUT2D eigenvalue weighted by Crippen LogP contribution is -2.48. The maximum absolute atomic E-state index is 6.32. The van der Waals surface area contributed by atoms with Gasteiger partial charge in [-0.3, -0.25) is 0 Å². The molecular formula is C11H13Cl2N3. The Hall–Kier alpha value is -0.930. The topological polar surface area (TPSA) is 18.8 Å². The molecule has 3 nitrogen and oxygen atoms in total. The Morgan fingerprint density at radius 3 is 2.75 bits per heavy atom. The highest BCUT2D eigenvalue weighted by Gasteiger charge is 2.27. The number of alkyl halides is 1. The molecule has 0 amide bonds. The van der Waals surface area contributed by atoms with E-state index in [0.29, 0.717) is 12.0 Å². The predicted octanol–water partition coefficient (Wildman–Crippen LogP) is 2.82. The number of nitrogens with zero attached hydrogens (tertiary/aromatic N) is 3. The molecule has 0 saturated carbocycles. The quantitative estimate of drug-likeness (QED) is 0.569. The van der Waals surface area contributed by atoms with Crippen molar-refractivity contribution in [2.75, 3.05) is 18.6 Å². The third-order valence-corrected chi connectivity index (χ3v) is 3.56. The van der Waals surface area contributed by atoms with Gasteiger partial charge in [0.25, 0.3) is 0 Å². The van der Waals surface area contributed by atoms with E-state index in [2.05, 4.69) is 18.0 Å². The van der Waals surface area contributed by atoms with Crippen molar-refractivity contribution in [2.45, 2.75) is 12.5 Å². The monoisotopic (exact) mass is 257 g/mol. The SMILES string of the molecule is Cc1ccccc1N1CN=C(Cl)N(C)C1Cl. The highest BCUT2D eigenvalue weighted by Crippen LogP contribution is 2.27. The molecule has 0 aromatic heterocycles. The molecular weight excluding hydrogens is 245 g/mol. The molecule has 5 heteroatoms. The standard InChI is InChI=1S/C11H13Cl2N3/c1-8-5-3-4-6-9(8)16-7-14-10(12)15(2)11(16)13/h3-6,11H,7H2,1-2H3. The van der Waals surface area contributed by atoms with Crippen LogP contribution in [0.25, 0.3) is 0 Å². The van der Waals surface area contributed by atoms with Gasteiger partial charge in [-0.05, 0) is 30.2 Å². The van der Waals surface area contributed by atoms with E-state index in [4.69, 9.17) is 23.2 Å².